The van der Waals surface area contributed by atoms with Crippen molar-refractivity contribution in [3.8, 4) is 34.1 Å². The van der Waals surface area contributed by atoms with Crippen molar-refractivity contribution >= 4 is 71.1 Å². The summed E-state index contributed by atoms with van der Waals surface area (Å²) >= 11 is 0. The molecule has 9 aromatic rings. The standard InChI is InChI=1S/C65H76O8P2/c1-37-27-44-45-28-38(2)31-50(62(7,8)9)57(45)71-75(70-56(44)49(30-37)61(4,5)6)72-58-46(29-39(3)32-51(58)63(10,11)12)47-33-41(66-19)35-52(64(13,14)15)59(47)69-74-68-54-26-25-40-23-21-22-24-43(40)55(54)48-34-42(67-20)36-53(60(48)73-74)65(16,17)18/h21-36H,1-20H3. The van der Waals surface area contributed by atoms with Gasteiger partial charge in [0.05, 0.1) is 14.2 Å². The molecule has 0 aliphatic rings. The van der Waals surface area contributed by atoms with Gasteiger partial charge in [-0.05, 0) is 124 Å². The largest absolute Gasteiger partial charge is 0.497 e. The van der Waals surface area contributed by atoms with Crippen LogP contribution in [0.1, 0.15) is 148 Å². The summed E-state index contributed by atoms with van der Waals surface area (Å²) in [5.74, 6) is 2.60. The number of hydrogen-bond acceptors (Lipinski definition) is 8. The zero-order valence-electron chi connectivity index (χ0n) is 47.9. The average molecular weight is 1050 g/mol. The summed E-state index contributed by atoms with van der Waals surface area (Å²) in [5.41, 5.74) is 11.0. The van der Waals surface area contributed by atoms with Crippen molar-refractivity contribution in [1.29, 1.82) is 0 Å². The maximum atomic E-state index is 7.57. The van der Waals surface area contributed by atoms with Gasteiger partial charge in [-0.2, -0.15) is 0 Å². The zero-order chi connectivity index (χ0) is 54.5. The normalized spacial score (nSPS) is 13.0. The van der Waals surface area contributed by atoms with E-state index in [1.807, 2.05) is 12.1 Å². The van der Waals surface area contributed by atoms with E-state index >= 15 is 0 Å². The molecule has 394 valence electrons. The van der Waals surface area contributed by atoms with Crippen LogP contribution in [0.25, 0.3) is 65.8 Å². The highest BCUT2D eigenvalue weighted by Gasteiger charge is 2.33. The molecule has 75 heavy (non-hydrogen) atoms. The summed E-state index contributed by atoms with van der Waals surface area (Å²) in [5, 5.41) is 5.89. The van der Waals surface area contributed by atoms with Crippen LogP contribution in [0.4, 0.5) is 0 Å². The number of benzene rings is 7. The summed E-state index contributed by atoms with van der Waals surface area (Å²) in [4.78, 5) is 0. The van der Waals surface area contributed by atoms with E-state index in [2.05, 4.69) is 210 Å². The molecule has 0 saturated carbocycles. The van der Waals surface area contributed by atoms with Crippen LogP contribution in [0.15, 0.2) is 114 Å². The van der Waals surface area contributed by atoms with Gasteiger partial charge >= 0.3 is 16.5 Å². The number of aryl methyl sites for hydroxylation is 3. The van der Waals surface area contributed by atoms with E-state index in [0.29, 0.717) is 28.4 Å². The summed E-state index contributed by atoms with van der Waals surface area (Å²) in [6, 6.07) is 34.0. The molecule has 0 N–H and O–H groups in total. The van der Waals surface area contributed by atoms with E-state index in [1.54, 1.807) is 14.2 Å². The first-order valence-electron chi connectivity index (χ1n) is 26.1. The minimum Gasteiger partial charge on any atom is -0.497 e. The Morgan fingerprint density at radius 2 is 0.773 bits per heavy atom. The van der Waals surface area contributed by atoms with E-state index < -0.39 is 27.3 Å². The molecule has 0 aliphatic heterocycles. The molecule has 0 aliphatic carbocycles. The third-order valence-corrected chi connectivity index (χ3v) is 16.1. The molecule has 8 nitrogen and oxygen atoms in total. The van der Waals surface area contributed by atoms with Gasteiger partial charge in [-0.3, -0.25) is 0 Å². The van der Waals surface area contributed by atoms with Crippen LogP contribution in [-0.4, -0.2) is 14.2 Å². The van der Waals surface area contributed by atoms with Crippen molar-refractivity contribution in [1.82, 2.24) is 0 Å². The number of hydrogen-bond donors (Lipinski definition) is 0. The van der Waals surface area contributed by atoms with Crippen molar-refractivity contribution in [2.75, 3.05) is 14.2 Å². The van der Waals surface area contributed by atoms with Crippen LogP contribution in [0.2, 0.25) is 0 Å². The molecule has 0 bridgehead atoms. The lowest BCUT2D eigenvalue weighted by Gasteiger charge is -2.28. The fourth-order valence-corrected chi connectivity index (χ4v) is 12.5. The van der Waals surface area contributed by atoms with Gasteiger partial charge in [-0.15, -0.1) is 0 Å². The summed E-state index contributed by atoms with van der Waals surface area (Å²) < 4.78 is 56.3. The summed E-state index contributed by atoms with van der Waals surface area (Å²) in [7, 11) is -0.947. The highest BCUT2D eigenvalue weighted by Crippen LogP contribution is 2.54. The third-order valence-electron chi connectivity index (χ3n) is 14.1. The number of methoxy groups -OCH3 is 2. The van der Waals surface area contributed by atoms with E-state index in [1.165, 1.54) is 0 Å². The van der Waals surface area contributed by atoms with E-state index in [0.717, 1.165) is 105 Å². The number of rotatable bonds is 7. The first kappa shape index (κ1) is 53.6. The fraction of sp³-hybridized carbons (Fsp3) is 0.385. The Morgan fingerprint density at radius 3 is 1.28 bits per heavy atom. The van der Waals surface area contributed by atoms with Crippen LogP contribution >= 0.6 is 16.5 Å². The molecule has 1 unspecified atom stereocenters. The van der Waals surface area contributed by atoms with Crippen molar-refractivity contribution in [3.63, 3.8) is 0 Å². The lowest BCUT2D eigenvalue weighted by molar-refractivity contribution is 0.410. The maximum absolute atomic E-state index is 7.57. The lowest BCUT2D eigenvalue weighted by atomic mass is 9.81. The van der Waals surface area contributed by atoms with Gasteiger partial charge in [0, 0.05) is 60.5 Å². The van der Waals surface area contributed by atoms with E-state index in [9.17, 15) is 0 Å². The van der Waals surface area contributed by atoms with Crippen LogP contribution in [-0.2, 0) is 27.1 Å². The molecule has 2 heterocycles. The monoisotopic (exact) mass is 1050 g/mol. The fourth-order valence-electron chi connectivity index (χ4n) is 10.2. The van der Waals surface area contributed by atoms with Crippen LogP contribution in [0, 0.1) is 20.8 Å². The van der Waals surface area contributed by atoms with Gasteiger partial charge in [-0.1, -0.05) is 152 Å². The molecule has 0 fully saturated rings. The van der Waals surface area contributed by atoms with Gasteiger partial charge < -0.3 is 35.3 Å². The van der Waals surface area contributed by atoms with Gasteiger partial charge in [0.25, 0.3) is 0 Å². The molecule has 2 aromatic heterocycles. The molecule has 0 radical (unpaired) electrons. The predicted molar refractivity (Wildman–Crippen MR) is 315 cm³/mol. The molecule has 0 amide bonds. The smallest absolute Gasteiger partial charge is 0.453 e. The van der Waals surface area contributed by atoms with Crippen molar-refractivity contribution in [3.05, 3.63) is 142 Å². The first-order valence-corrected chi connectivity index (χ1v) is 28.2. The second kappa shape index (κ2) is 19.1. The quantitative estimate of drug-likeness (QED) is 0.156. The molecular weight excluding hydrogens is 971 g/mol. The van der Waals surface area contributed by atoms with Crippen molar-refractivity contribution in [2.45, 2.75) is 152 Å². The highest BCUT2D eigenvalue weighted by atomic mass is 31.1. The molecule has 1 atom stereocenters. The Balaban J connectivity index is 1.41. The molecular formula is C65H76O8P2. The van der Waals surface area contributed by atoms with Crippen LogP contribution in [0.3, 0.4) is 0 Å². The van der Waals surface area contributed by atoms with E-state index in [4.69, 9.17) is 35.3 Å². The number of fused-ring (bicyclic) bond motifs is 8. The molecule has 0 saturated heterocycles. The molecule has 9 rings (SSSR count). The highest BCUT2D eigenvalue weighted by molar-refractivity contribution is 7.32. The van der Waals surface area contributed by atoms with Gasteiger partial charge in [0.1, 0.15) is 45.3 Å². The maximum Gasteiger partial charge on any atom is 0.453 e. The van der Waals surface area contributed by atoms with Crippen LogP contribution < -0.4 is 18.5 Å². The second-order valence-corrected chi connectivity index (χ2v) is 27.6. The lowest BCUT2D eigenvalue weighted by Crippen LogP contribution is -2.15. The Bertz CT molecular complexity index is 3720. The molecule has 10 heteroatoms. The van der Waals surface area contributed by atoms with E-state index in [-0.39, 0.29) is 16.2 Å². The van der Waals surface area contributed by atoms with Crippen molar-refractivity contribution < 1.29 is 35.3 Å². The van der Waals surface area contributed by atoms with Gasteiger partial charge in [0.2, 0.25) is 0 Å². The Morgan fingerprint density at radius 1 is 0.373 bits per heavy atom. The Hall–Kier alpha value is -6.20. The average Bonchev–Trinajstić information content (AvgIpc) is 3.56. The Labute approximate surface area is 446 Å². The minimum absolute atomic E-state index is 0.266. The predicted octanol–water partition coefficient (Wildman–Crippen LogP) is 20.8. The van der Waals surface area contributed by atoms with Gasteiger partial charge in [0.15, 0.2) is 0 Å². The summed E-state index contributed by atoms with van der Waals surface area (Å²) in [6.45, 7) is 39.6. The second-order valence-electron chi connectivity index (χ2n) is 25.6. The topological polar surface area (TPSA) is 89.5 Å². The SMILES string of the molecule is COc1cc(-c2cc(C)cc(C(C)(C)C)c2Op2oc3c(C(C)(C)C)cc(C)cc3c3cc(C)cc(C(C)(C)C)c3o2)c(Op2oc3ccc4ccccc4c3c3cc(OC)cc(C(C)(C)C)c3o2)c(C(C)(C)C)c1. The Kier molecular flexibility index (Phi) is 13.7. The third kappa shape index (κ3) is 10.4. The van der Waals surface area contributed by atoms with Crippen LogP contribution in [0.5, 0.6) is 23.0 Å². The first-order chi connectivity index (χ1) is 34.9. The summed E-state index contributed by atoms with van der Waals surface area (Å²) in [6.07, 6.45) is 0. The number of ether oxygens (including phenoxy) is 2. The minimum atomic E-state index is -2.19. The van der Waals surface area contributed by atoms with Gasteiger partial charge in [-0.25, -0.2) is 0 Å². The van der Waals surface area contributed by atoms with Crippen molar-refractivity contribution in [2.24, 2.45) is 0 Å². The zero-order valence-corrected chi connectivity index (χ0v) is 49.7. The molecule has 0 spiro atoms. The molecule has 7 aromatic carbocycles.